The first-order valence-electron chi connectivity index (χ1n) is 8.65. The van der Waals surface area contributed by atoms with Gasteiger partial charge in [0.2, 0.25) is 0 Å². The minimum Gasteiger partial charge on any atom is -0.327 e. The third-order valence-corrected chi connectivity index (χ3v) is 7.25. The summed E-state index contributed by atoms with van der Waals surface area (Å²) in [6.45, 7) is 5.13. The third-order valence-electron chi connectivity index (χ3n) is 6.51. The number of rotatable bonds is 4. The van der Waals surface area contributed by atoms with Crippen LogP contribution in [0.1, 0.15) is 64.4 Å². The lowest BCUT2D eigenvalue weighted by atomic mass is 9.39. The molecule has 0 aliphatic heterocycles. The summed E-state index contributed by atoms with van der Waals surface area (Å²) < 4.78 is 0. The molecule has 4 fully saturated rings. The summed E-state index contributed by atoms with van der Waals surface area (Å²) in [5, 5.41) is 4.44. The SMILES string of the molecule is CC12CC3CC(C)(C1)CC(CC(N)Cc1ccsc1)(C3)C2. The van der Waals surface area contributed by atoms with Crippen LogP contribution in [0.2, 0.25) is 0 Å². The van der Waals surface area contributed by atoms with E-state index in [-0.39, 0.29) is 0 Å². The quantitative estimate of drug-likeness (QED) is 0.832. The second-order valence-electron chi connectivity index (χ2n) is 9.43. The Morgan fingerprint density at radius 1 is 1.19 bits per heavy atom. The second kappa shape index (κ2) is 4.58. The van der Waals surface area contributed by atoms with Gasteiger partial charge in [0.05, 0.1) is 0 Å². The summed E-state index contributed by atoms with van der Waals surface area (Å²) in [5.74, 6) is 0.990. The van der Waals surface area contributed by atoms with Crippen molar-refractivity contribution in [3.05, 3.63) is 22.4 Å². The molecule has 4 bridgehead atoms. The van der Waals surface area contributed by atoms with E-state index in [4.69, 9.17) is 5.73 Å². The Labute approximate surface area is 133 Å². The largest absolute Gasteiger partial charge is 0.327 e. The molecular weight excluding hydrogens is 274 g/mol. The van der Waals surface area contributed by atoms with Gasteiger partial charge in [-0.25, -0.2) is 0 Å². The summed E-state index contributed by atoms with van der Waals surface area (Å²) in [7, 11) is 0. The van der Waals surface area contributed by atoms with Gasteiger partial charge >= 0.3 is 0 Å². The second-order valence-corrected chi connectivity index (χ2v) is 10.2. The van der Waals surface area contributed by atoms with Crippen LogP contribution in [0, 0.1) is 22.2 Å². The summed E-state index contributed by atoms with van der Waals surface area (Å²) >= 11 is 1.79. The molecule has 0 aromatic carbocycles. The lowest BCUT2D eigenvalue weighted by Crippen LogP contribution is -2.56. The van der Waals surface area contributed by atoms with Crippen LogP contribution in [-0.4, -0.2) is 6.04 Å². The lowest BCUT2D eigenvalue weighted by molar-refractivity contribution is -0.149. The van der Waals surface area contributed by atoms with E-state index in [1.54, 1.807) is 11.3 Å². The molecule has 2 N–H and O–H groups in total. The molecule has 0 amide bonds. The first-order chi connectivity index (χ1) is 9.88. The van der Waals surface area contributed by atoms with Crippen molar-refractivity contribution in [3.8, 4) is 0 Å². The van der Waals surface area contributed by atoms with Crippen molar-refractivity contribution in [1.82, 2.24) is 0 Å². The molecule has 4 aliphatic rings. The maximum atomic E-state index is 6.58. The standard InChI is InChI=1S/C19H29NS/c1-17-6-15-7-18(2,11-17)13-19(8-15,12-17)9-16(20)5-14-3-4-21-10-14/h3-4,10,15-16H,5-9,11-13,20H2,1-2H3. The van der Waals surface area contributed by atoms with Crippen molar-refractivity contribution >= 4 is 11.3 Å². The van der Waals surface area contributed by atoms with Crippen LogP contribution < -0.4 is 5.73 Å². The first kappa shape index (κ1) is 14.3. The van der Waals surface area contributed by atoms with E-state index in [9.17, 15) is 0 Å². The molecule has 21 heavy (non-hydrogen) atoms. The molecule has 0 spiro atoms. The number of hydrogen-bond donors (Lipinski definition) is 1. The molecule has 3 atom stereocenters. The van der Waals surface area contributed by atoms with Crippen LogP contribution in [0.5, 0.6) is 0 Å². The Morgan fingerprint density at radius 3 is 2.48 bits per heavy atom. The number of thiophene rings is 1. The van der Waals surface area contributed by atoms with Gasteiger partial charge in [0.25, 0.3) is 0 Å². The van der Waals surface area contributed by atoms with Gasteiger partial charge in [0.1, 0.15) is 0 Å². The molecule has 116 valence electrons. The molecular formula is C19H29NS. The van der Waals surface area contributed by atoms with Gasteiger partial charge in [-0.15, -0.1) is 0 Å². The van der Waals surface area contributed by atoms with Crippen LogP contribution >= 0.6 is 11.3 Å². The Hall–Kier alpha value is -0.340. The molecule has 4 saturated carbocycles. The number of hydrogen-bond acceptors (Lipinski definition) is 2. The van der Waals surface area contributed by atoms with E-state index < -0.39 is 0 Å². The highest BCUT2D eigenvalue weighted by Crippen LogP contribution is 2.70. The van der Waals surface area contributed by atoms with Crippen molar-refractivity contribution in [2.45, 2.75) is 71.3 Å². The van der Waals surface area contributed by atoms with E-state index in [0.717, 1.165) is 12.3 Å². The fourth-order valence-electron chi connectivity index (χ4n) is 7.25. The first-order valence-corrected chi connectivity index (χ1v) is 9.59. The molecule has 0 radical (unpaired) electrons. The maximum Gasteiger partial charge on any atom is 0.00849 e. The molecule has 1 aromatic heterocycles. The molecule has 3 unspecified atom stereocenters. The summed E-state index contributed by atoms with van der Waals surface area (Å²) in [6, 6.07) is 2.59. The van der Waals surface area contributed by atoms with E-state index in [1.807, 2.05) is 0 Å². The van der Waals surface area contributed by atoms with Gasteiger partial charge < -0.3 is 5.73 Å². The summed E-state index contributed by atoms with van der Waals surface area (Å²) in [4.78, 5) is 0. The van der Waals surface area contributed by atoms with Crippen molar-refractivity contribution in [1.29, 1.82) is 0 Å². The van der Waals surface area contributed by atoms with Crippen LogP contribution in [0.4, 0.5) is 0 Å². The van der Waals surface area contributed by atoms with Crippen molar-refractivity contribution in [3.63, 3.8) is 0 Å². The predicted octanol–water partition coefficient (Wildman–Crippen LogP) is 5.00. The Morgan fingerprint density at radius 2 is 1.90 bits per heavy atom. The van der Waals surface area contributed by atoms with Gasteiger partial charge in [-0.1, -0.05) is 13.8 Å². The maximum absolute atomic E-state index is 6.58. The molecule has 1 heterocycles. The Bertz CT molecular complexity index is 502. The van der Waals surface area contributed by atoms with E-state index >= 15 is 0 Å². The minimum atomic E-state index is 0.350. The van der Waals surface area contributed by atoms with Gasteiger partial charge in [0, 0.05) is 6.04 Å². The zero-order valence-electron chi connectivity index (χ0n) is 13.5. The lowest BCUT2D eigenvalue weighted by Gasteiger charge is -2.66. The normalized spacial score (nSPS) is 46.0. The Balaban J connectivity index is 1.51. The molecule has 5 rings (SSSR count). The highest BCUT2D eigenvalue weighted by molar-refractivity contribution is 7.07. The molecule has 1 aromatic rings. The van der Waals surface area contributed by atoms with Crippen molar-refractivity contribution < 1.29 is 0 Å². The van der Waals surface area contributed by atoms with Crippen LogP contribution in [0.3, 0.4) is 0 Å². The Kier molecular flexibility index (Phi) is 3.11. The van der Waals surface area contributed by atoms with Gasteiger partial charge in [0.15, 0.2) is 0 Å². The molecule has 2 heteroatoms. The summed E-state index contributed by atoms with van der Waals surface area (Å²) in [5.41, 5.74) is 9.83. The monoisotopic (exact) mass is 303 g/mol. The highest BCUT2D eigenvalue weighted by atomic mass is 32.1. The zero-order chi connectivity index (χ0) is 14.7. The molecule has 0 saturated heterocycles. The van der Waals surface area contributed by atoms with Gasteiger partial charge in [-0.3, -0.25) is 0 Å². The van der Waals surface area contributed by atoms with Crippen LogP contribution in [0.15, 0.2) is 16.8 Å². The fourth-order valence-corrected chi connectivity index (χ4v) is 7.93. The summed E-state index contributed by atoms with van der Waals surface area (Å²) in [6.07, 6.45) is 11.1. The van der Waals surface area contributed by atoms with E-state index in [1.165, 1.54) is 50.5 Å². The fraction of sp³-hybridized carbons (Fsp3) is 0.789. The van der Waals surface area contributed by atoms with Crippen LogP contribution in [-0.2, 0) is 6.42 Å². The zero-order valence-corrected chi connectivity index (χ0v) is 14.3. The number of nitrogens with two attached hydrogens (primary N) is 1. The topological polar surface area (TPSA) is 26.0 Å². The van der Waals surface area contributed by atoms with Crippen molar-refractivity contribution in [2.75, 3.05) is 0 Å². The van der Waals surface area contributed by atoms with Crippen molar-refractivity contribution in [2.24, 2.45) is 27.9 Å². The van der Waals surface area contributed by atoms with Gasteiger partial charge in [-0.05, 0) is 95.9 Å². The molecule has 1 nitrogen and oxygen atoms in total. The smallest absolute Gasteiger partial charge is 0.00849 e. The molecule has 4 aliphatic carbocycles. The van der Waals surface area contributed by atoms with E-state index in [2.05, 4.69) is 30.7 Å². The average Bonchev–Trinajstić information content (AvgIpc) is 2.74. The average molecular weight is 304 g/mol. The van der Waals surface area contributed by atoms with Crippen LogP contribution in [0.25, 0.3) is 0 Å². The third kappa shape index (κ3) is 2.59. The minimum absolute atomic E-state index is 0.350. The van der Waals surface area contributed by atoms with Gasteiger partial charge in [-0.2, -0.15) is 11.3 Å². The predicted molar refractivity (Wildman–Crippen MR) is 90.5 cm³/mol. The van der Waals surface area contributed by atoms with E-state index in [0.29, 0.717) is 22.3 Å². The highest BCUT2D eigenvalue weighted by Gasteiger charge is 2.59.